The van der Waals surface area contributed by atoms with Crippen LogP contribution in [0.2, 0.25) is 0 Å². The van der Waals surface area contributed by atoms with Gasteiger partial charge in [-0.3, -0.25) is 14.9 Å². The number of carbonyl (C=O) groups is 1. The van der Waals surface area contributed by atoms with Gasteiger partial charge in [-0.25, -0.2) is 0 Å². The highest BCUT2D eigenvalue weighted by molar-refractivity contribution is 7.12. The van der Waals surface area contributed by atoms with Crippen molar-refractivity contribution >= 4 is 22.8 Å². The fraction of sp³-hybridized carbons (Fsp3) is 0.333. The molecule has 0 aromatic carbocycles. The van der Waals surface area contributed by atoms with Crippen LogP contribution < -0.4 is 5.73 Å². The third-order valence-electron chi connectivity index (χ3n) is 4.00. The Labute approximate surface area is 135 Å². The molecule has 7 nitrogen and oxygen atoms in total. The Hall–Kier alpha value is -2.66. The quantitative estimate of drug-likeness (QED) is 0.657. The average molecular weight is 331 g/mol. The van der Waals surface area contributed by atoms with Crippen LogP contribution in [0.1, 0.15) is 34.9 Å². The summed E-state index contributed by atoms with van der Waals surface area (Å²) in [6, 6.07) is 3.42. The lowest BCUT2D eigenvalue weighted by atomic mass is 9.80. The molecule has 1 aliphatic carbocycles. The van der Waals surface area contributed by atoms with Crippen LogP contribution in [-0.4, -0.2) is 10.7 Å². The van der Waals surface area contributed by atoms with Crippen LogP contribution in [0.5, 0.6) is 0 Å². The van der Waals surface area contributed by atoms with E-state index in [0.717, 1.165) is 0 Å². The van der Waals surface area contributed by atoms with Crippen molar-refractivity contribution < 1.29 is 14.5 Å². The van der Waals surface area contributed by atoms with E-state index < -0.39 is 10.8 Å². The summed E-state index contributed by atoms with van der Waals surface area (Å²) in [5.41, 5.74) is 6.37. The van der Waals surface area contributed by atoms with Crippen LogP contribution in [0.4, 0.5) is 5.69 Å². The standard InChI is InChI=1S/C15H13N3O4S/c1-7-9(18(20)21)5-12(23-7)13-8(6-16)15(17)22-11-4-2-3-10(19)14(11)13/h5,13H,2-4,17H2,1H3. The van der Waals surface area contributed by atoms with Gasteiger partial charge in [0.1, 0.15) is 17.4 Å². The van der Waals surface area contributed by atoms with Crippen molar-refractivity contribution in [1.29, 1.82) is 5.26 Å². The van der Waals surface area contributed by atoms with E-state index in [-0.39, 0.29) is 22.9 Å². The van der Waals surface area contributed by atoms with Gasteiger partial charge in [0.25, 0.3) is 5.69 Å². The minimum absolute atomic E-state index is 0.0160. The molecule has 118 valence electrons. The van der Waals surface area contributed by atoms with Crippen molar-refractivity contribution in [2.24, 2.45) is 5.73 Å². The molecule has 2 N–H and O–H groups in total. The maximum atomic E-state index is 12.4. The number of nitro groups is 1. The molecule has 23 heavy (non-hydrogen) atoms. The van der Waals surface area contributed by atoms with Crippen molar-refractivity contribution in [1.82, 2.24) is 0 Å². The van der Waals surface area contributed by atoms with Crippen LogP contribution in [0.15, 0.2) is 28.9 Å². The lowest BCUT2D eigenvalue weighted by Gasteiger charge is -2.30. The lowest BCUT2D eigenvalue weighted by Crippen LogP contribution is -2.27. The topological polar surface area (TPSA) is 119 Å². The first-order valence-corrected chi connectivity index (χ1v) is 7.84. The first kappa shape index (κ1) is 15.2. The minimum Gasteiger partial charge on any atom is -0.444 e. The summed E-state index contributed by atoms with van der Waals surface area (Å²) in [4.78, 5) is 24.1. The Bertz CT molecular complexity index is 828. The first-order valence-electron chi connectivity index (χ1n) is 7.02. The molecular weight excluding hydrogens is 318 g/mol. The molecule has 1 aliphatic heterocycles. The molecule has 1 unspecified atom stereocenters. The third-order valence-corrected chi connectivity index (χ3v) is 5.10. The number of thiophene rings is 1. The largest absolute Gasteiger partial charge is 0.444 e. The summed E-state index contributed by atoms with van der Waals surface area (Å²) < 4.78 is 5.46. The van der Waals surface area contributed by atoms with Crippen LogP contribution in [0, 0.1) is 28.4 Å². The number of hydrogen-bond acceptors (Lipinski definition) is 7. The second-order valence-corrected chi connectivity index (χ2v) is 6.67. The maximum absolute atomic E-state index is 12.4. The third kappa shape index (κ3) is 2.39. The Morgan fingerprint density at radius 1 is 1.52 bits per heavy atom. The highest BCUT2D eigenvalue weighted by Gasteiger charge is 2.39. The molecule has 0 amide bonds. The van der Waals surface area contributed by atoms with E-state index in [9.17, 15) is 20.2 Å². The number of hydrogen-bond donors (Lipinski definition) is 1. The van der Waals surface area contributed by atoms with Gasteiger partial charge in [-0.15, -0.1) is 11.3 Å². The number of ketones is 1. The summed E-state index contributed by atoms with van der Waals surface area (Å²) in [6.45, 7) is 1.64. The number of allylic oxidation sites excluding steroid dienone is 3. The zero-order chi connectivity index (χ0) is 16.7. The van der Waals surface area contributed by atoms with Gasteiger partial charge < -0.3 is 10.5 Å². The molecule has 0 radical (unpaired) electrons. The van der Waals surface area contributed by atoms with Gasteiger partial charge in [0.05, 0.1) is 15.7 Å². The van der Waals surface area contributed by atoms with Gasteiger partial charge in [0.15, 0.2) is 5.78 Å². The van der Waals surface area contributed by atoms with E-state index >= 15 is 0 Å². The van der Waals surface area contributed by atoms with Crippen molar-refractivity contribution in [3.63, 3.8) is 0 Å². The minimum atomic E-state index is -0.672. The van der Waals surface area contributed by atoms with E-state index in [0.29, 0.717) is 40.3 Å². The van der Waals surface area contributed by atoms with Crippen molar-refractivity contribution in [3.8, 4) is 6.07 Å². The van der Waals surface area contributed by atoms with Crippen molar-refractivity contribution in [3.05, 3.63) is 48.7 Å². The molecule has 0 bridgehead atoms. The van der Waals surface area contributed by atoms with Gasteiger partial charge in [-0.1, -0.05) is 0 Å². The summed E-state index contributed by atoms with van der Waals surface area (Å²) in [6.07, 6.45) is 1.62. The summed E-state index contributed by atoms with van der Waals surface area (Å²) >= 11 is 1.20. The number of rotatable bonds is 2. The molecule has 3 rings (SSSR count). The molecule has 8 heteroatoms. The molecular formula is C15H13N3O4S. The molecule has 0 saturated heterocycles. The monoisotopic (exact) mass is 331 g/mol. The second-order valence-electron chi connectivity index (χ2n) is 5.39. The Morgan fingerprint density at radius 2 is 2.26 bits per heavy atom. The van der Waals surface area contributed by atoms with Gasteiger partial charge in [-0.2, -0.15) is 5.26 Å². The maximum Gasteiger partial charge on any atom is 0.283 e. The van der Waals surface area contributed by atoms with Gasteiger partial charge in [-0.05, 0) is 13.3 Å². The number of ether oxygens (including phenoxy) is 1. The second kappa shape index (κ2) is 5.52. The number of aryl methyl sites for hydroxylation is 1. The molecule has 0 spiro atoms. The molecule has 0 saturated carbocycles. The highest BCUT2D eigenvalue weighted by Crippen LogP contribution is 2.46. The molecule has 1 aromatic rings. The van der Waals surface area contributed by atoms with Crippen LogP contribution in [0.3, 0.4) is 0 Å². The van der Waals surface area contributed by atoms with Crippen molar-refractivity contribution in [2.45, 2.75) is 32.1 Å². The zero-order valence-electron chi connectivity index (χ0n) is 12.3. The van der Waals surface area contributed by atoms with E-state index in [4.69, 9.17) is 10.5 Å². The van der Waals surface area contributed by atoms with Gasteiger partial charge >= 0.3 is 0 Å². The fourth-order valence-corrected chi connectivity index (χ4v) is 4.07. The smallest absolute Gasteiger partial charge is 0.283 e. The van der Waals surface area contributed by atoms with E-state index in [1.165, 1.54) is 17.4 Å². The predicted octanol–water partition coefficient (Wildman–Crippen LogP) is 2.78. The van der Waals surface area contributed by atoms with Crippen molar-refractivity contribution in [2.75, 3.05) is 0 Å². The number of Topliss-reactive ketones (excluding diaryl/α,β-unsaturated/α-hetero) is 1. The summed E-state index contributed by atoms with van der Waals surface area (Å²) in [5.74, 6) is -0.310. The molecule has 1 aromatic heterocycles. The Kier molecular flexibility index (Phi) is 3.66. The summed E-state index contributed by atoms with van der Waals surface area (Å²) in [5, 5.41) is 20.5. The lowest BCUT2D eigenvalue weighted by molar-refractivity contribution is -0.385. The Balaban J connectivity index is 2.19. The van der Waals surface area contributed by atoms with Crippen LogP contribution >= 0.6 is 11.3 Å². The van der Waals surface area contributed by atoms with E-state index in [1.807, 2.05) is 6.07 Å². The van der Waals surface area contributed by atoms with Gasteiger partial charge in [0.2, 0.25) is 5.88 Å². The average Bonchev–Trinajstić information content (AvgIpc) is 2.88. The molecule has 2 heterocycles. The molecule has 1 atom stereocenters. The van der Waals surface area contributed by atoms with Crippen LogP contribution in [-0.2, 0) is 9.53 Å². The van der Waals surface area contributed by atoms with E-state index in [1.54, 1.807) is 6.92 Å². The van der Waals surface area contributed by atoms with Gasteiger partial charge in [0, 0.05) is 29.4 Å². The first-order chi connectivity index (χ1) is 10.9. The zero-order valence-corrected chi connectivity index (χ0v) is 13.1. The SMILES string of the molecule is Cc1sc(C2C(C#N)=C(N)OC3=C2C(=O)CCC3)cc1[N+](=O)[O-]. The summed E-state index contributed by atoms with van der Waals surface area (Å²) in [7, 11) is 0. The number of nitrogens with zero attached hydrogens (tertiary/aromatic N) is 2. The highest BCUT2D eigenvalue weighted by atomic mass is 32.1. The fourth-order valence-electron chi connectivity index (χ4n) is 2.96. The molecule has 2 aliphatic rings. The normalized spacial score (nSPS) is 20.9. The van der Waals surface area contributed by atoms with Crippen LogP contribution in [0.25, 0.3) is 0 Å². The Morgan fingerprint density at radius 3 is 2.87 bits per heavy atom. The molecule has 0 fully saturated rings. The number of nitrogens with two attached hydrogens (primary N) is 1. The number of carbonyl (C=O) groups excluding carboxylic acids is 1. The predicted molar refractivity (Wildman–Crippen MR) is 82.2 cm³/mol. The van der Waals surface area contributed by atoms with E-state index in [2.05, 4.69) is 0 Å². The number of nitriles is 1.